The Morgan fingerprint density at radius 1 is 0.541 bits per heavy atom. The first-order valence-corrected chi connectivity index (χ1v) is 24.9. The van der Waals surface area contributed by atoms with Crippen molar-refractivity contribution in [1.29, 1.82) is 0 Å². The molecular weight excluding hydrogens is 949 g/mol. The number of nitrogens with zero attached hydrogens (tertiary/aromatic N) is 4. The number of esters is 2. The Hall–Kier alpha value is -8.16. The number of aryl methyl sites for hydroxylation is 4. The molecular formula is C54H64N10O10. The number of hydrogen-bond acceptors (Lipinski definition) is 12. The molecule has 2 aliphatic heterocycles. The Morgan fingerprint density at radius 3 is 1.38 bits per heavy atom. The lowest BCUT2D eigenvalue weighted by Crippen LogP contribution is -2.24. The van der Waals surface area contributed by atoms with Gasteiger partial charge in [-0.3, -0.25) is 28.8 Å². The van der Waals surface area contributed by atoms with E-state index in [-0.39, 0.29) is 43.9 Å². The van der Waals surface area contributed by atoms with Gasteiger partial charge >= 0.3 is 23.9 Å². The van der Waals surface area contributed by atoms with Crippen molar-refractivity contribution in [2.45, 2.75) is 131 Å². The van der Waals surface area contributed by atoms with Crippen LogP contribution in [0.2, 0.25) is 0 Å². The largest absolute Gasteiger partial charge is 0.481 e. The van der Waals surface area contributed by atoms with Crippen molar-refractivity contribution in [3.05, 3.63) is 106 Å². The average molecular weight is 1010 g/mol. The molecule has 5 aromatic heterocycles. The maximum atomic E-state index is 13.4. The van der Waals surface area contributed by atoms with Crippen molar-refractivity contribution in [1.82, 2.24) is 50.5 Å². The van der Waals surface area contributed by atoms with Crippen LogP contribution in [0.15, 0.2) is 49.1 Å². The number of imidazole rings is 2. The number of aliphatic carboxylic acids is 2. The number of carbonyl (C=O) groups is 6. The van der Waals surface area contributed by atoms with E-state index < -0.39 is 42.5 Å². The molecule has 20 heteroatoms. The highest BCUT2D eigenvalue weighted by atomic mass is 16.5. The van der Waals surface area contributed by atoms with E-state index in [4.69, 9.17) is 19.4 Å². The highest BCUT2D eigenvalue weighted by molar-refractivity contribution is 5.97. The first-order valence-electron chi connectivity index (χ1n) is 24.9. The van der Waals surface area contributed by atoms with E-state index >= 15 is 0 Å². The van der Waals surface area contributed by atoms with Crippen molar-refractivity contribution in [2.75, 3.05) is 13.1 Å². The predicted octanol–water partition coefficient (Wildman–Crippen LogP) is 8.24. The molecule has 2 unspecified atom stereocenters. The lowest BCUT2D eigenvalue weighted by molar-refractivity contribution is -0.151. The van der Waals surface area contributed by atoms with Crippen molar-refractivity contribution < 1.29 is 48.5 Å². The van der Waals surface area contributed by atoms with Gasteiger partial charge in [0.25, 0.3) is 0 Å². The van der Waals surface area contributed by atoms with Gasteiger partial charge in [0.05, 0.1) is 48.5 Å². The average Bonchev–Trinajstić information content (AvgIpc) is 4.23. The van der Waals surface area contributed by atoms with Gasteiger partial charge in [-0.05, 0) is 125 Å². The van der Waals surface area contributed by atoms with E-state index in [0.717, 1.165) is 39.5 Å². The van der Waals surface area contributed by atoms with E-state index in [9.17, 15) is 39.0 Å². The molecule has 0 aliphatic carbocycles. The second-order valence-electron chi connectivity index (χ2n) is 18.6. The lowest BCUT2D eigenvalue weighted by Gasteiger charge is -2.14. The van der Waals surface area contributed by atoms with Crippen LogP contribution in [0.5, 0.6) is 0 Å². The standard InChI is InChI=1S/C54H64N10O10/c1-29-35(11-13-47(65)59-19-7-9-45-55-21-22-56-45)41-28-42-36(12-14-48(66)60-20-8-10-46-57-23-24-58-46)30(2)38(62-42)26-43-54(34(6)74-52(72)18-16-50(69)70)32(4)40(64-43)27-44-53(31(3)39(63-44)25-37(29)61-41)33(5)73-51(71)17-15-49(67)68/h21-28,33-34,63-64H,7-20H2,1-6H3,(H,55,56)(H,57,58)(H,59,65)(H,60,66)(H,67,68)(H,69,70). The number of rotatable bonds is 24. The first-order chi connectivity index (χ1) is 35.4. The highest BCUT2D eigenvalue weighted by Crippen LogP contribution is 2.39. The topological polar surface area (TPSA) is 300 Å². The summed E-state index contributed by atoms with van der Waals surface area (Å²) in [5, 5.41) is 24.6. The number of carboxylic acid groups (broad SMARTS) is 2. The van der Waals surface area contributed by atoms with Crippen LogP contribution >= 0.6 is 0 Å². The van der Waals surface area contributed by atoms with Crippen molar-refractivity contribution in [3.63, 3.8) is 0 Å². The number of aromatic nitrogens is 8. The number of ether oxygens (including phenoxy) is 2. The lowest BCUT2D eigenvalue weighted by atomic mass is 9.98. The summed E-state index contributed by atoms with van der Waals surface area (Å²) in [6.45, 7) is 12.0. The zero-order valence-electron chi connectivity index (χ0n) is 42.6. The maximum absolute atomic E-state index is 13.4. The Kier molecular flexibility index (Phi) is 17.8. The molecule has 20 nitrogen and oxygen atoms in total. The van der Waals surface area contributed by atoms with Crippen LogP contribution in [-0.4, -0.2) is 98.9 Å². The number of nitrogens with one attached hydrogen (secondary N) is 6. The Labute approximate surface area is 427 Å². The van der Waals surface area contributed by atoms with E-state index in [1.54, 1.807) is 38.6 Å². The van der Waals surface area contributed by atoms with Gasteiger partial charge in [0.2, 0.25) is 11.8 Å². The van der Waals surface area contributed by atoms with Crippen LogP contribution < -0.4 is 10.6 Å². The van der Waals surface area contributed by atoms with E-state index in [1.807, 2.05) is 52.0 Å². The summed E-state index contributed by atoms with van der Waals surface area (Å²) in [6.07, 6.45) is 7.65. The number of hydrogen-bond donors (Lipinski definition) is 8. The van der Waals surface area contributed by atoms with Crippen molar-refractivity contribution in [2.24, 2.45) is 0 Å². The Bertz CT molecular complexity index is 3150. The third kappa shape index (κ3) is 13.7. The highest BCUT2D eigenvalue weighted by Gasteiger charge is 2.26. The van der Waals surface area contributed by atoms with Crippen LogP contribution in [0, 0.1) is 13.8 Å². The summed E-state index contributed by atoms with van der Waals surface area (Å²) < 4.78 is 11.7. The first kappa shape index (κ1) is 53.6. The normalized spacial score (nSPS) is 13.2. The Morgan fingerprint density at radius 2 is 0.959 bits per heavy atom. The summed E-state index contributed by atoms with van der Waals surface area (Å²) in [4.78, 5) is 108. The smallest absolute Gasteiger partial charge is 0.306 e. The van der Waals surface area contributed by atoms with E-state index in [0.29, 0.717) is 113 Å². The molecule has 0 radical (unpaired) electrons. The summed E-state index contributed by atoms with van der Waals surface area (Å²) in [7, 11) is 0. The number of allylic oxidation sites excluding steroid dienone is 4. The molecule has 8 bridgehead atoms. The zero-order valence-corrected chi connectivity index (χ0v) is 42.6. The fraction of sp³-hybridized carbons (Fsp3) is 0.407. The van der Waals surface area contributed by atoms with Gasteiger partial charge < -0.3 is 50.3 Å². The molecule has 74 heavy (non-hydrogen) atoms. The van der Waals surface area contributed by atoms with Crippen LogP contribution in [0.1, 0.15) is 161 Å². The minimum atomic E-state index is -1.13. The van der Waals surface area contributed by atoms with Crippen molar-refractivity contribution >= 4 is 80.1 Å². The fourth-order valence-corrected chi connectivity index (χ4v) is 9.36. The van der Waals surface area contributed by atoms with E-state index in [1.165, 1.54) is 0 Å². The molecule has 0 saturated heterocycles. The second kappa shape index (κ2) is 24.5. The number of carbonyl (C=O) groups excluding carboxylic acids is 4. The molecule has 390 valence electrons. The third-order valence-electron chi connectivity index (χ3n) is 13.3. The number of fused-ring (bicyclic) bond motifs is 8. The van der Waals surface area contributed by atoms with Gasteiger partial charge in [-0.1, -0.05) is 0 Å². The monoisotopic (exact) mass is 1010 g/mol. The second-order valence-corrected chi connectivity index (χ2v) is 18.6. The Balaban J connectivity index is 1.35. The number of aromatic amines is 4. The molecule has 7 heterocycles. The molecule has 2 atom stereocenters. The summed E-state index contributed by atoms with van der Waals surface area (Å²) in [5.74, 6) is -2.17. The third-order valence-corrected chi connectivity index (χ3v) is 13.3. The summed E-state index contributed by atoms with van der Waals surface area (Å²) >= 11 is 0. The molecule has 5 aromatic rings. The van der Waals surface area contributed by atoms with E-state index in [2.05, 4.69) is 40.5 Å². The number of carboxylic acids is 2. The van der Waals surface area contributed by atoms with Gasteiger partial charge in [-0.2, -0.15) is 0 Å². The molecule has 2 amide bonds. The quantitative estimate of drug-likeness (QED) is 0.0213. The molecule has 0 saturated carbocycles. The molecule has 2 aliphatic rings. The zero-order chi connectivity index (χ0) is 53.1. The van der Waals surface area contributed by atoms with Crippen molar-refractivity contribution in [3.8, 4) is 0 Å². The van der Waals surface area contributed by atoms with Crippen LogP contribution in [0.4, 0.5) is 0 Å². The molecule has 0 fully saturated rings. The predicted molar refractivity (Wildman–Crippen MR) is 277 cm³/mol. The van der Waals surface area contributed by atoms with Gasteiger partial charge in [0, 0.05) is 96.8 Å². The van der Waals surface area contributed by atoms with Gasteiger partial charge in [-0.25, -0.2) is 19.9 Å². The van der Waals surface area contributed by atoms with Gasteiger partial charge in [0.1, 0.15) is 23.9 Å². The molecule has 0 aromatic carbocycles. The fourth-order valence-electron chi connectivity index (χ4n) is 9.36. The number of amides is 2. The maximum Gasteiger partial charge on any atom is 0.306 e. The number of H-pyrrole nitrogens is 4. The molecule has 0 spiro atoms. The summed E-state index contributed by atoms with van der Waals surface area (Å²) in [5.41, 5.74) is 10.7. The minimum absolute atomic E-state index is 0.120. The molecule has 8 N–H and O–H groups in total. The SMILES string of the molecule is CC1=C(CCC(=O)NCCCc2ncc[nH]2)c2cc3nc(cc4[nH]c(cc5[nH]c(cc1n2)c(C)c5C(C)OC(=O)CCC(=O)O)c(C)c4C(C)OC(=O)CCC(=O)O)C(C)=C3CCC(=O)NCCCc1ncc[nH]1. The molecule has 7 rings (SSSR count). The van der Waals surface area contributed by atoms with Crippen LogP contribution in [0.25, 0.3) is 44.4 Å². The van der Waals surface area contributed by atoms with Gasteiger partial charge in [-0.15, -0.1) is 0 Å². The van der Waals surface area contributed by atoms with Crippen LogP contribution in [-0.2, 0) is 51.1 Å². The van der Waals surface area contributed by atoms with Gasteiger partial charge in [0.15, 0.2) is 0 Å². The van der Waals surface area contributed by atoms with Crippen LogP contribution in [0.3, 0.4) is 0 Å². The minimum Gasteiger partial charge on any atom is -0.481 e. The summed E-state index contributed by atoms with van der Waals surface area (Å²) in [6, 6.07) is 7.53.